The topological polar surface area (TPSA) is 134 Å². The lowest BCUT2D eigenvalue weighted by atomic mass is 10.1. The first-order chi connectivity index (χ1) is 16.2. The number of fused-ring (bicyclic) bond motifs is 2. The van der Waals surface area contributed by atoms with Crippen molar-refractivity contribution in [2.45, 2.75) is 12.8 Å². The summed E-state index contributed by atoms with van der Waals surface area (Å²) in [6.45, 7) is 2.73. The van der Waals surface area contributed by atoms with Crippen molar-refractivity contribution < 1.29 is 20.1 Å². The molecule has 0 aliphatic heterocycles. The summed E-state index contributed by atoms with van der Waals surface area (Å²) in [5.74, 6) is -1.000. The van der Waals surface area contributed by atoms with E-state index in [9.17, 15) is 20.1 Å². The molecule has 1 aromatic heterocycles. The Hall–Kier alpha value is -3.50. The number of hydrogen-bond donors (Lipinski definition) is 4. The van der Waals surface area contributed by atoms with Crippen molar-refractivity contribution in [1.82, 2.24) is 25.1 Å². The van der Waals surface area contributed by atoms with Crippen LogP contribution in [-0.4, -0.2) is 102 Å². The number of benzene rings is 2. The number of hydrogen-bond acceptors (Lipinski definition) is 9. The van der Waals surface area contributed by atoms with Crippen LogP contribution in [0.5, 0.6) is 17.2 Å². The fourth-order valence-electron chi connectivity index (χ4n) is 3.52. The van der Waals surface area contributed by atoms with Crippen molar-refractivity contribution >= 4 is 34.2 Å². The number of carbonyl (C=O) groups excluding carboxylic acids is 1. The van der Waals surface area contributed by atoms with Crippen LogP contribution in [0.4, 0.5) is 0 Å². The molecule has 0 bridgehead atoms. The molecular weight excluding hydrogens is 436 g/mol. The Bertz CT molecular complexity index is 1210. The molecule has 2 aromatic carbocycles. The molecular formula is C24H32N6O4. The number of rotatable bonds is 10. The molecule has 1 heterocycles. The van der Waals surface area contributed by atoms with Crippen LogP contribution >= 0.6 is 0 Å². The molecule has 0 aliphatic carbocycles. The van der Waals surface area contributed by atoms with Gasteiger partial charge in [-0.2, -0.15) is 0 Å². The second kappa shape index (κ2) is 11.1. The highest BCUT2D eigenvalue weighted by Crippen LogP contribution is 2.35. The minimum absolute atomic E-state index is 0.0979. The third-order valence-electron chi connectivity index (χ3n) is 5.27. The van der Waals surface area contributed by atoms with Crippen LogP contribution < -0.4 is 5.32 Å². The molecule has 0 atom stereocenters. The third-order valence-corrected chi connectivity index (χ3v) is 5.27. The summed E-state index contributed by atoms with van der Waals surface area (Å²) < 4.78 is 0. The average molecular weight is 469 g/mol. The number of phenolic OH excluding ortho intramolecular Hbond substituents is 3. The molecule has 0 radical (unpaired) electrons. The van der Waals surface area contributed by atoms with Gasteiger partial charge in [0, 0.05) is 25.4 Å². The number of amides is 1. The van der Waals surface area contributed by atoms with E-state index in [1.165, 1.54) is 24.4 Å². The summed E-state index contributed by atoms with van der Waals surface area (Å²) in [6, 6.07) is 4.03. The molecule has 3 rings (SSSR count). The van der Waals surface area contributed by atoms with Crippen LogP contribution in [0.1, 0.15) is 28.8 Å². The monoisotopic (exact) mass is 468 g/mol. The van der Waals surface area contributed by atoms with Gasteiger partial charge in [0.15, 0.2) is 0 Å². The number of nitrogens with one attached hydrogen (secondary N) is 1. The zero-order valence-electron chi connectivity index (χ0n) is 20.0. The molecule has 3 aromatic rings. The molecule has 0 aliphatic rings. The summed E-state index contributed by atoms with van der Waals surface area (Å²) in [5.41, 5.74) is 1.06. The predicted molar refractivity (Wildman–Crippen MR) is 133 cm³/mol. The SMILES string of the molecule is CN(C)CCC/N=C/c1c(O)cc(O)c2nc3c(C(=O)NCCCN(C)C)ccc(O)c3nc12. The molecule has 4 N–H and O–H groups in total. The van der Waals surface area contributed by atoms with E-state index in [4.69, 9.17) is 0 Å². The van der Waals surface area contributed by atoms with Crippen molar-refractivity contribution in [2.75, 3.05) is 54.4 Å². The zero-order chi connectivity index (χ0) is 24.8. The van der Waals surface area contributed by atoms with Crippen molar-refractivity contribution in [3.05, 3.63) is 29.3 Å². The van der Waals surface area contributed by atoms with E-state index in [1.807, 2.05) is 33.1 Å². The average Bonchev–Trinajstić information content (AvgIpc) is 2.77. The van der Waals surface area contributed by atoms with E-state index in [1.54, 1.807) is 0 Å². The van der Waals surface area contributed by atoms with Crippen LogP contribution in [0, 0.1) is 0 Å². The second-order valence-electron chi connectivity index (χ2n) is 8.68. The van der Waals surface area contributed by atoms with Crippen molar-refractivity contribution in [3.8, 4) is 17.2 Å². The number of carbonyl (C=O) groups is 1. The Labute approximate surface area is 198 Å². The van der Waals surface area contributed by atoms with Gasteiger partial charge in [-0.1, -0.05) is 0 Å². The van der Waals surface area contributed by atoms with Crippen LogP contribution in [0.25, 0.3) is 22.1 Å². The second-order valence-corrected chi connectivity index (χ2v) is 8.68. The molecule has 0 saturated heterocycles. The minimum atomic E-state index is -0.349. The van der Waals surface area contributed by atoms with Gasteiger partial charge in [-0.05, 0) is 66.3 Å². The molecule has 0 saturated carbocycles. The molecule has 10 nitrogen and oxygen atoms in total. The van der Waals surface area contributed by atoms with Crippen molar-refractivity contribution in [3.63, 3.8) is 0 Å². The van der Waals surface area contributed by atoms with Gasteiger partial charge in [0.25, 0.3) is 5.91 Å². The Morgan fingerprint density at radius 3 is 2.26 bits per heavy atom. The largest absolute Gasteiger partial charge is 0.507 e. The smallest absolute Gasteiger partial charge is 0.253 e. The van der Waals surface area contributed by atoms with Gasteiger partial charge in [0.1, 0.15) is 39.3 Å². The quantitative estimate of drug-likeness (QED) is 0.202. The van der Waals surface area contributed by atoms with Gasteiger partial charge in [0.2, 0.25) is 0 Å². The Morgan fingerprint density at radius 1 is 0.912 bits per heavy atom. The van der Waals surface area contributed by atoms with Crippen molar-refractivity contribution in [1.29, 1.82) is 0 Å². The maximum atomic E-state index is 12.8. The highest BCUT2D eigenvalue weighted by Gasteiger charge is 2.19. The lowest BCUT2D eigenvalue weighted by Crippen LogP contribution is -2.27. The fraction of sp³-hybridized carbons (Fsp3) is 0.417. The number of aromatic nitrogens is 2. The van der Waals surface area contributed by atoms with Crippen LogP contribution in [0.2, 0.25) is 0 Å². The van der Waals surface area contributed by atoms with E-state index < -0.39 is 0 Å². The number of phenols is 3. The van der Waals surface area contributed by atoms with E-state index in [2.05, 4.69) is 25.2 Å². The fourth-order valence-corrected chi connectivity index (χ4v) is 3.52. The van der Waals surface area contributed by atoms with Crippen molar-refractivity contribution in [2.24, 2.45) is 4.99 Å². The highest BCUT2D eigenvalue weighted by molar-refractivity contribution is 6.09. The van der Waals surface area contributed by atoms with Gasteiger partial charge < -0.3 is 30.4 Å². The highest BCUT2D eigenvalue weighted by atomic mass is 16.3. The maximum absolute atomic E-state index is 12.8. The molecule has 182 valence electrons. The summed E-state index contributed by atoms with van der Waals surface area (Å²) in [5, 5.41) is 34.2. The lowest BCUT2D eigenvalue weighted by molar-refractivity contribution is 0.0953. The van der Waals surface area contributed by atoms with Crippen LogP contribution in [0.3, 0.4) is 0 Å². The van der Waals surface area contributed by atoms with E-state index in [-0.39, 0.29) is 56.3 Å². The number of aliphatic imine (C=N–C) groups is 1. The van der Waals surface area contributed by atoms with E-state index in [0.717, 1.165) is 25.9 Å². The van der Waals surface area contributed by atoms with Gasteiger partial charge >= 0.3 is 0 Å². The minimum Gasteiger partial charge on any atom is -0.507 e. The summed E-state index contributed by atoms with van der Waals surface area (Å²) in [7, 11) is 7.88. The number of aromatic hydroxyl groups is 3. The first kappa shape index (κ1) is 25.1. The summed E-state index contributed by atoms with van der Waals surface area (Å²) in [6.07, 6.45) is 3.11. The van der Waals surface area contributed by atoms with Gasteiger partial charge in [-0.15, -0.1) is 0 Å². The first-order valence-corrected chi connectivity index (χ1v) is 11.1. The molecule has 0 unspecified atom stereocenters. The Morgan fingerprint density at radius 2 is 1.56 bits per heavy atom. The summed E-state index contributed by atoms with van der Waals surface area (Å²) >= 11 is 0. The predicted octanol–water partition coefficient (Wildman–Crippen LogP) is 1.95. The van der Waals surface area contributed by atoms with Gasteiger partial charge in [0.05, 0.1) is 11.1 Å². The zero-order valence-corrected chi connectivity index (χ0v) is 20.0. The maximum Gasteiger partial charge on any atom is 0.253 e. The Kier molecular flexibility index (Phi) is 8.19. The first-order valence-electron chi connectivity index (χ1n) is 11.1. The summed E-state index contributed by atoms with van der Waals surface area (Å²) in [4.78, 5) is 30.2. The van der Waals surface area contributed by atoms with Crippen LogP contribution in [0.15, 0.2) is 23.2 Å². The molecule has 1 amide bonds. The van der Waals surface area contributed by atoms with E-state index in [0.29, 0.717) is 13.1 Å². The third kappa shape index (κ3) is 5.89. The Balaban J connectivity index is 2.00. The molecule has 34 heavy (non-hydrogen) atoms. The molecule has 10 heteroatoms. The van der Waals surface area contributed by atoms with Crippen LogP contribution in [-0.2, 0) is 0 Å². The van der Waals surface area contributed by atoms with Gasteiger partial charge in [-0.25, -0.2) is 9.97 Å². The van der Waals surface area contributed by atoms with E-state index >= 15 is 0 Å². The normalized spacial score (nSPS) is 11.9. The molecule has 0 fully saturated rings. The standard InChI is InChI=1S/C24H32N6O4/c1-29(2)11-5-9-25-14-16-18(32)13-19(33)23-21(16)28-22-17(31)8-7-15(20(22)27-23)24(34)26-10-6-12-30(3)4/h7-8,13-14,31-33H,5-6,9-12H2,1-4H3,(H,26,34)/b25-14+. The number of nitrogens with zero attached hydrogens (tertiary/aromatic N) is 5. The van der Waals surface area contributed by atoms with Gasteiger partial charge in [-0.3, -0.25) is 9.79 Å². The lowest BCUT2D eigenvalue weighted by Gasteiger charge is -2.12. The molecule has 0 spiro atoms.